The zero-order valence-electron chi connectivity index (χ0n) is 15.9. The normalized spacial score (nSPS) is 11.0. The molecule has 2 N–H and O–H groups in total. The van der Waals surface area contributed by atoms with Gasteiger partial charge in [0.15, 0.2) is 0 Å². The number of aryl methyl sites for hydroxylation is 1. The van der Waals surface area contributed by atoms with Crippen molar-refractivity contribution in [2.75, 3.05) is 30.0 Å². The van der Waals surface area contributed by atoms with Gasteiger partial charge in [0.25, 0.3) is 0 Å². The summed E-state index contributed by atoms with van der Waals surface area (Å²) in [6.07, 6.45) is 1.87. The number of sulfonamides is 1. The van der Waals surface area contributed by atoms with Crippen LogP contribution in [0.25, 0.3) is 0 Å². The minimum absolute atomic E-state index is 0.178. The molecule has 0 spiro atoms. The summed E-state index contributed by atoms with van der Waals surface area (Å²) >= 11 is 5.91. The van der Waals surface area contributed by atoms with Crippen LogP contribution in [0.4, 0.5) is 11.4 Å². The van der Waals surface area contributed by atoms with Crippen molar-refractivity contribution in [2.45, 2.75) is 19.8 Å². The molecule has 2 aromatic rings. The van der Waals surface area contributed by atoms with E-state index in [0.717, 1.165) is 17.6 Å². The highest BCUT2D eigenvalue weighted by molar-refractivity contribution is 7.92. The minimum Gasteiger partial charge on any atom is -0.494 e. The first-order valence-corrected chi connectivity index (χ1v) is 10.8. The van der Waals surface area contributed by atoms with Crippen LogP contribution in [0, 0.1) is 6.92 Å². The van der Waals surface area contributed by atoms with Gasteiger partial charge in [-0.05, 0) is 49.2 Å². The molecule has 0 aromatic heterocycles. The Bertz CT molecular complexity index is 947. The molecular weight excluding hydrogens is 404 g/mol. The number of hydrogen-bond acceptors (Lipinski definition) is 5. The van der Waals surface area contributed by atoms with E-state index in [0.29, 0.717) is 35.2 Å². The van der Waals surface area contributed by atoms with Gasteiger partial charge >= 0.3 is 0 Å². The number of carbonyl (C=O) groups is 1. The summed E-state index contributed by atoms with van der Waals surface area (Å²) in [7, 11) is -2.01. The van der Waals surface area contributed by atoms with Crippen molar-refractivity contribution >= 4 is 38.9 Å². The molecule has 0 aliphatic rings. The number of halogens is 1. The lowest BCUT2D eigenvalue weighted by atomic mass is 10.2. The molecule has 28 heavy (non-hydrogen) atoms. The number of methoxy groups -OCH3 is 1. The van der Waals surface area contributed by atoms with Crippen molar-refractivity contribution in [3.63, 3.8) is 0 Å². The van der Waals surface area contributed by atoms with Gasteiger partial charge in [0, 0.05) is 23.2 Å². The third kappa shape index (κ3) is 6.94. The Balaban J connectivity index is 1.85. The Kier molecular flexibility index (Phi) is 7.53. The van der Waals surface area contributed by atoms with Crippen molar-refractivity contribution in [2.24, 2.45) is 0 Å². The average molecular weight is 427 g/mol. The van der Waals surface area contributed by atoms with Crippen LogP contribution in [0.5, 0.6) is 11.5 Å². The van der Waals surface area contributed by atoms with Crippen LogP contribution in [0.1, 0.15) is 18.4 Å². The molecule has 0 radical (unpaired) electrons. The highest BCUT2D eigenvalue weighted by Gasteiger charge is 2.11. The fraction of sp³-hybridized carbons (Fsp3) is 0.316. The number of anilines is 2. The summed E-state index contributed by atoms with van der Waals surface area (Å²) in [6, 6.07) is 10.1. The van der Waals surface area contributed by atoms with Gasteiger partial charge < -0.3 is 14.8 Å². The highest BCUT2D eigenvalue weighted by atomic mass is 35.5. The van der Waals surface area contributed by atoms with Gasteiger partial charge in [-0.15, -0.1) is 0 Å². The Morgan fingerprint density at radius 2 is 1.89 bits per heavy atom. The van der Waals surface area contributed by atoms with Crippen LogP contribution < -0.4 is 19.5 Å². The van der Waals surface area contributed by atoms with Crippen LogP contribution in [0.3, 0.4) is 0 Å². The molecular formula is C19H23ClN2O5S. The largest absolute Gasteiger partial charge is 0.494 e. The van der Waals surface area contributed by atoms with Gasteiger partial charge in [-0.1, -0.05) is 11.6 Å². The van der Waals surface area contributed by atoms with Crippen LogP contribution >= 0.6 is 11.6 Å². The first-order chi connectivity index (χ1) is 13.2. The molecule has 0 unspecified atom stereocenters. The molecule has 0 saturated carbocycles. The van der Waals surface area contributed by atoms with Crippen molar-refractivity contribution in [1.29, 1.82) is 0 Å². The molecule has 7 nitrogen and oxygen atoms in total. The van der Waals surface area contributed by atoms with Gasteiger partial charge in [-0.25, -0.2) is 8.42 Å². The van der Waals surface area contributed by atoms with E-state index in [1.165, 1.54) is 13.2 Å². The summed E-state index contributed by atoms with van der Waals surface area (Å²) in [5.41, 5.74) is 1.75. The Hall–Kier alpha value is -2.45. The van der Waals surface area contributed by atoms with E-state index in [-0.39, 0.29) is 12.3 Å². The van der Waals surface area contributed by atoms with Crippen LogP contribution in [0.2, 0.25) is 5.02 Å². The van der Waals surface area contributed by atoms with E-state index < -0.39 is 10.0 Å². The average Bonchev–Trinajstić information content (AvgIpc) is 2.60. The maximum Gasteiger partial charge on any atom is 0.229 e. The maximum absolute atomic E-state index is 12.1. The number of nitrogens with one attached hydrogen (secondary N) is 2. The SMILES string of the molecule is COc1cc(NC(=O)CCCOc2ccc(Cl)cc2C)ccc1NS(C)(=O)=O. The number of rotatable bonds is 9. The summed E-state index contributed by atoms with van der Waals surface area (Å²) in [5, 5.41) is 3.41. The summed E-state index contributed by atoms with van der Waals surface area (Å²) < 4.78 is 35.9. The second-order valence-corrected chi connectivity index (χ2v) is 8.38. The third-order valence-electron chi connectivity index (χ3n) is 3.72. The zero-order valence-corrected chi connectivity index (χ0v) is 17.5. The Morgan fingerprint density at radius 1 is 1.14 bits per heavy atom. The van der Waals surface area contributed by atoms with Gasteiger partial charge in [0.05, 0.1) is 25.7 Å². The molecule has 152 valence electrons. The van der Waals surface area contributed by atoms with E-state index in [9.17, 15) is 13.2 Å². The summed E-state index contributed by atoms with van der Waals surface area (Å²) in [4.78, 5) is 12.1. The molecule has 0 aliphatic carbocycles. The number of ether oxygens (including phenoxy) is 2. The first kappa shape index (κ1) is 21.8. The fourth-order valence-corrected chi connectivity index (χ4v) is 3.26. The monoisotopic (exact) mass is 426 g/mol. The van der Waals surface area contributed by atoms with Crippen molar-refractivity contribution in [3.05, 3.63) is 47.0 Å². The molecule has 1 amide bonds. The number of benzene rings is 2. The topological polar surface area (TPSA) is 93.7 Å². The lowest BCUT2D eigenvalue weighted by Crippen LogP contribution is -2.14. The standard InChI is InChI=1S/C19H23ClN2O5S/c1-13-11-14(20)6-9-17(13)27-10-4-5-19(23)21-15-7-8-16(18(12-15)26-2)22-28(3,24)25/h6-9,11-12,22H,4-5,10H2,1-3H3,(H,21,23). The smallest absolute Gasteiger partial charge is 0.229 e. The molecule has 0 fully saturated rings. The molecule has 0 aliphatic heterocycles. The van der Waals surface area contributed by atoms with Gasteiger partial charge in [-0.2, -0.15) is 0 Å². The zero-order chi connectivity index (χ0) is 20.7. The molecule has 0 atom stereocenters. The quantitative estimate of drug-likeness (QED) is 0.594. The van der Waals surface area contributed by atoms with Gasteiger partial charge in [-0.3, -0.25) is 9.52 Å². The van der Waals surface area contributed by atoms with Crippen LogP contribution in [0.15, 0.2) is 36.4 Å². The molecule has 2 rings (SSSR count). The van der Waals surface area contributed by atoms with Crippen molar-refractivity contribution in [3.8, 4) is 11.5 Å². The second-order valence-electron chi connectivity index (χ2n) is 6.20. The van der Waals surface area contributed by atoms with E-state index in [1.54, 1.807) is 24.3 Å². The van der Waals surface area contributed by atoms with Crippen molar-refractivity contribution < 1.29 is 22.7 Å². The molecule has 0 bridgehead atoms. The van der Waals surface area contributed by atoms with E-state index in [4.69, 9.17) is 21.1 Å². The van der Waals surface area contributed by atoms with Crippen molar-refractivity contribution in [1.82, 2.24) is 0 Å². The van der Waals surface area contributed by atoms with E-state index in [1.807, 2.05) is 13.0 Å². The first-order valence-electron chi connectivity index (χ1n) is 8.52. The third-order valence-corrected chi connectivity index (χ3v) is 4.55. The minimum atomic E-state index is -3.43. The van der Waals surface area contributed by atoms with Crippen LogP contribution in [-0.2, 0) is 14.8 Å². The number of carbonyl (C=O) groups excluding carboxylic acids is 1. The predicted molar refractivity (Wildman–Crippen MR) is 111 cm³/mol. The second kappa shape index (κ2) is 9.66. The summed E-state index contributed by atoms with van der Waals surface area (Å²) in [5.74, 6) is 0.871. The van der Waals surface area contributed by atoms with E-state index >= 15 is 0 Å². The predicted octanol–water partition coefficient (Wildman–Crippen LogP) is 3.83. The number of amides is 1. The lowest BCUT2D eigenvalue weighted by Gasteiger charge is -2.12. The lowest BCUT2D eigenvalue weighted by molar-refractivity contribution is -0.116. The number of hydrogen-bond donors (Lipinski definition) is 2. The maximum atomic E-state index is 12.1. The Morgan fingerprint density at radius 3 is 2.54 bits per heavy atom. The van der Waals surface area contributed by atoms with E-state index in [2.05, 4.69) is 10.0 Å². The highest BCUT2D eigenvalue weighted by Crippen LogP contribution is 2.28. The fourth-order valence-electron chi connectivity index (χ4n) is 2.47. The van der Waals surface area contributed by atoms with Crippen LogP contribution in [-0.4, -0.2) is 34.3 Å². The van der Waals surface area contributed by atoms with Gasteiger partial charge in [0.1, 0.15) is 11.5 Å². The summed E-state index contributed by atoms with van der Waals surface area (Å²) in [6.45, 7) is 2.31. The Labute approximate surface area is 170 Å². The molecule has 0 saturated heterocycles. The molecule has 9 heteroatoms. The van der Waals surface area contributed by atoms with Gasteiger partial charge in [0.2, 0.25) is 15.9 Å². The molecule has 2 aromatic carbocycles. The molecule has 0 heterocycles.